The minimum absolute atomic E-state index is 0.0411. The van der Waals surface area contributed by atoms with Crippen molar-refractivity contribution < 1.29 is 4.79 Å². The van der Waals surface area contributed by atoms with Crippen LogP contribution in [0.15, 0.2) is 36.9 Å². The smallest absolute Gasteiger partial charge is 0.244 e. The van der Waals surface area contributed by atoms with Crippen molar-refractivity contribution in [3.8, 4) is 0 Å². The van der Waals surface area contributed by atoms with Gasteiger partial charge in [-0.3, -0.25) is 4.79 Å². The second-order valence-corrected chi connectivity index (χ2v) is 4.46. The first-order chi connectivity index (χ1) is 8.60. The maximum Gasteiger partial charge on any atom is 0.244 e. The lowest BCUT2D eigenvalue weighted by Gasteiger charge is -2.24. The number of hydrogen-bond donors (Lipinski definition) is 1. The van der Waals surface area contributed by atoms with Crippen LogP contribution in [0.1, 0.15) is 30.5 Å². The van der Waals surface area contributed by atoms with Gasteiger partial charge in [-0.05, 0) is 18.9 Å². The minimum Gasteiger partial charge on any atom is -0.337 e. The maximum absolute atomic E-state index is 12.3. The molecule has 98 valence electrons. The molecule has 1 atom stereocenters. The molecular formula is C15H22N2O. The van der Waals surface area contributed by atoms with Crippen LogP contribution < -0.4 is 5.73 Å². The highest BCUT2D eigenvalue weighted by Gasteiger charge is 2.20. The van der Waals surface area contributed by atoms with Crippen LogP contribution in [0.5, 0.6) is 0 Å². The van der Waals surface area contributed by atoms with Gasteiger partial charge in [-0.1, -0.05) is 42.8 Å². The predicted octanol–water partition coefficient (Wildman–Crippen LogP) is 2.42. The molecule has 3 nitrogen and oxygen atoms in total. The molecule has 0 saturated heterocycles. The van der Waals surface area contributed by atoms with Gasteiger partial charge in [-0.15, -0.1) is 6.58 Å². The molecule has 0 bridgehead atoms. The lowest BCUT2D eigenvalue weighted by molar-refractivity contribution is -0.132. The van der Waals surface area contributed by atoms with Crippen molar-refractivity contribution in [1.29, 1.82) is 0 Å². The fourth-order valence-corrected chi connectivity index (χ4v) is 1.83. The van der Waals surface area contributed by atoms with Crippen molar-refractivity contribution in [2.24, 2.45) is 5.73 Å². The zero-order valence-corrected chi connectivity index (χ0v) is 11.2. The SMILES string of the molecule is C=CCN(CCC)C(=O)C(N)c1ccc(C)cc1. The quantitative estimate of drug-likeness (QED) is 0.784. The van der Waals surface area contributed by atoms with Crippen LogP contribution in [0.2, 0.25) is 0 Å². The van der Waals surface area contributed by atoms with Gasteiger partial charge in [0, 0.05) is 13.1 Å². The number of benzene rings is 1. The molecule has 1 rings (SSSR count). The van der Waals surface area contributed by atoms with Gasteiger partial charge in [-0.2, -0.15) is 0 Å². The van der Waals surface area contributed by atoms with Crippen LogP contribution in [-0.4, -0.2) is 23.9 Å². The van der Waals surface area contributed by atoms with Crippen molar-refractivity contribution in [3.63, 3.8) is 0 Å². The summed E-state index contributed by atoms with van der Waals surface area (Å²) < 4.78 is 0. The largest absolute Gasteiger partial charge is 0.337 e. The summed E-state index contributed by atoms with van der Waals surface area (Å²) in [6.07, 6.45) is 2.65. The van der Waals surface area contributed by atoms with Crippen molar-refractivity contribution in [2.45, 2.75) is 26.3 Å². The van der Waals surface area contributed by atoms with Crippen molar-refractivity contribution in [1.82, 2.24) is 4.90 Å². The van der Waals surface area contributed by atoms with E-state index in [1.807, 2.05) is 38.1 Å². The number of nitrogens with two attached hydrogens (primary N) is 1. The van der Waals surface area contributed by atoms with E-state index in [1.54, 1.807) is 11.0 Å². The number of rotatable bonds is 6. The molecule has 3 heteroatoms. The highest BCUT2D eigenvalue weighted by Crippen LogP contribution is 2.14. The number of aryl methyl sites for hydroxylation is 1. The molecule has 0 saturated carbocycles. The summed E-state index contributed by atoms with van der Waals surface area (Å²) in [5.74, 6) is -0.0411. The molecule has 0 aliphatic heterocycles. The van der Waals surface area contributed by atoms with Crippen LogP contribution in [0.4, 0.5) is 0 Å². The lowest BCUT2D eigenvalue weighted by Crippen LogP contribution is -2.39. The van der Waals surface area contributed by atoms with Gasteiger partial charge >= 0.3 is 0 Å². The van der Waals surface area contributed by atoms with Crippen LogP contribution in [-0.2, 0) is 4.79 Å². The predicted molar refractivity (Wildman–Crippen MR) is 75.2 cm³/mol. The Balaban J connectivity index is 2.80. The minimum atomic E-state index is -0.586. The Hall–Kier alpha value is -1.61. The fraction of sp³-hybridized carbons (Fsp3) is 0.400. The molecule has 1 aromatic carbocycles. The van der Waals surface area contributed by atoms with Gasteiger partial charge < -0.3 is 10.6 Å². The summed E-state index contributed by atoms with van der Waals surface area (Å²) in [5.41, 5.74) is 8.04. The second-order valence-electron chi connectivity index (χ2n) is 4.46. The van der Waals surface area contributed by atoms with E-state index in [9.17, 15) is 4.79 Å². The van der Waals surface area contributed by atoms with Crippen molar-refractivity contribution in [3.05, 3.63) is 48.0 Å². The van der Waals surface area contributed by atoms with E-state index in [2.05, 4.69) is 6.58 Å². The topological polar surface area (TPSA) is 46.3 Å². The van der Waals surface area contributed by atoms with E-state index in [-0.39, 0.29) is 5.91 Å². The highest BCUT2D eigenvalue weighted by molar-refractivity contribution is 5.83. The van der Waals surface area contributed by atoms with Crippen LogP contribution in [0.25, 0.3) is 0 Å². The maximum atomic E-state index is 12.3. The van der Waals surface area contributed by atoms with Crippen molar-refractivity contribution in [2.75, 3.05) is 13.1 Å². The molecule has 0 aromatic heterocycles. The molecule has 0 aliphatic carbocycles. The average molecular weight is 246 g/mol. The van der Waals surface area contributed by atoms with Crippen LogP contribution >= 0.6 is 0 Å². The fourth-order valence-electron chi connectivity index (χ4n) is 1.83. The molecule has 0 heterocycles. The van der Waals surface area contributed by atoms with Crippen LogP contribution in [0, 0.1) is 6.92 Å². The Morgan fingerprint density at radius 2 is 2.06 bits per heavy atom. The third-order valence-corrected chi connectivity index (χ3v) is 2.86. The molecule has 0 aliphatic rings. The second kappa shape index (κ2) is 6.97. The first-order valence-electron chi connectivity index (χ1n) is 6.32. The van der Waals surface area contributed by atoms with E-state index in [1.165, 1.54) is 0 Å². The van der Waals surface area contributed by atoms with Gasteiger partial charge in [0.2, 0.25) is 5.91 Å². The number of carbonyl (C=O) groups excluding carboxylic acids is 1. The number of amides is 1. The normalized spacial score (nSPS) is 11.9. The zero-order valence-electron chi connectivity index (χ0n) is 11.2. The van der Waals surface area contributed by atoms with Gasteiger partial charge in [-0.25, -0.2) is 0 Å². The monoisotopic (exact) mass is 246 g/mol. The van der Waals surface area contributed by atoms with E-state index < -0.39 is 6.04 Å². The van der Waals surface area contributed by atoms with E-state index in [4.69, 9.17) is 5.73 Å². The third-order valence-electron chi connectivity index (χ3n) is 2.86. The molecule has 1 unspecified atom stereocenters. The first-order valence-corrected chi connectivity index (χ1v) is 6.32. The van der Waals surface area contributed by atoms with Gasteiger partial charge in [0.15, 0.2) is 0 Å². The molecular weight excluding hydrogens is 224 g/mol. The van der Waals surface area contributed by atoms with Gasteiger partial charge in [0.1, 0.15) is 6.04 Å². The Labute approximate surface area is 109 Å². The number of hydrogen-bond acceptors (Lipinski definition) is 2. The highest BCUT2D eigenvalue weighted by atomic mass is 16.2. The molecule has 0 spiro atoms. The van der Waals surface area contributed by atoms with E-state index in [0.29, 0.717) is 13.1 Å². The Bertz CT molecular complexity index is 397. The lowest BCUT2D eigenvalue weighted by atomic mass is 10.0. The summed E-state index contributed by atoms with van der Waals surface area (Å²) in [6, 6.07) is 7.18. The van der Waals surface area contributed by atoms with Gasteiger partial charge in [0.25, 0.3) is 0 Å². The van der Waals surface area contributed by atoms with Crippen molar-refractivity contribution >= 4 is 5.91 Å². The summed E-state index contributed by atoms with van der Waals surface area (Å²) in [7, 11) is 0. The Morgan fingerprint density at radius 1 is 1.44 bits per heavy atom. The Morgan fingerprint density at radius 3 is 2.56 bits per heavy atom. The zero-order chi connectivity index (χ0) is 13.5. The molecule has 0 fully saturated rings. The van der Waals surface area contributed by atoms with E-state index >= 15 is 0 Å². The summed E-state index contributed by atoms with van der Waals surface area (Å²) in [4.78, 5) is 14.0. The summed E-state index contributed by atoms with van der Waals surface area (Å²) in [5, 5.41) is 0. The summed E-state index contributed by atoms with van der Waals surface area (Å²) >= 11 is 0. The molecule has 2 N–H and O–H groups in total. The van der Waals surface area contributed by atoms with E-state index in [0.717, 1.165) is 17.5 Å². The third kappa shape index (κ3) is 3.70. The first kappa shape index (κ1) is 14.5. The molecule has 1 amide bonds. The number of carbonyl (C=O) groups is 1. The van der Waals surface area contributed by atoms with Gasteiger partial charge in [0.05, 0.1) is 0 Å². The number of nitrogens with zero attached hydrogens (tertiary/aromatic N) is 1. The Kier molecular flexibility index (Phi) is 5.59. The van der Waals surface area contributed by atoms with Crippen LogP contribution in [0.3, 0.4) is 0 Å². The summed E-state index contributed by atoms with van der Waals surface area (Å²) in [6.45, 7) is 8.99. The molecule has 18 heavy (non-hydrogen) atoms. The molecule has 1 aromatic rings. The standard InChI is InChI=1S/C15H22N2O/c1-4-10-17(11-5-2)15(18)14(16)13-8-6-12(3)7-9-13/h4,6-9,14H,1,5,10-11,16H2,2-3H3. The molecule has 0 radical (unpaired) electrons. The average Bonchev–Trinajstić information content (AvgIpc) is 2.38.